The van der Waals surface area contributed by atoms with Gasteiger partial charge in [0.05, 0.1) is 16.8 Å². The second-order valence-corrected chi connectivity index (χ2v) is 7.06. The number of rotatable bonds is 5. The largest absolute Gasteiger partial charge is 0.351 e. The van der Waals surface area contributed by atoms with E-state index in [-0.39, 0.29) is 18.3 Å². The second kappa shape index (κ2) is 9.12. The van der Waals surface area contributed by atoms with Gasteiger partial charge >= 0.3 is 0 Å². The molecule has 136 valence electrons. The van der Waals surface area contributed by atoms with E-state index in [0.29, 0.717) is 12.1 Å². The predicted molar refractivity (Wildman–Crippen MR) is 113 cm³/mol. The third kappa shape index (κ3) is 4.81. The monoisotopic (exact) mass is 433 g/mol. The summed E-state index contributed by atoms with van der Waals surface area (Å²) in [5.41, 5.74) is 3.21. The van der Waals surface area contributed by atoms with Gasteiger partial charge in [-0.25, -0.2) is 4.98 Å². The second-order valence-electron chi connectivity index (χ2n) is 6.14. The van der Waals surface area contributed by atoms with E-state index in [2.05, 4.69) is 21.2 Å². The van der Waals surface area contributed by atoms with Gasteiger partial charge in [0.1, 0.15) is 0 Å². The van der Waals surface area contributed by atoms with Crippen molar-refractivity contribution in [1.82, 2.24) is 15.2 Å². The number of hydrogen-bond acceptors (Lipinski definition) is 3. The number of hydrogen-bond donors (Lipinski definition) is 1. The summed E-state index contributed by atoms with van der Waals surface area (Å²) in [6, 6.07) is 17.7. The van der Waals surface area contributed by atoms with Crippen molar-refractivity contribution in [3.8, 4) is 11.3 Å². The van der Waals surface area contributed by atoms with Crippen LogP contribution in [0.1, 0.15) is 10.4 Å². The van der Waals surface area contributed by atoms with Gasteiger partial charge in [0.2, 0.25) is 0 Å². The maximum atomic E-state index is 12.6. The molecule has 1 aromatic heterocycles. The fourth-order valence-electron chi connectivity index (χ4n) is 2.60. The number of benzene rings is 2. The molecule has 1 heterocycles. The quantitative estimate of drug-likeness (QED) is 0.648. The molecule has 0 unspecified atom stereocenters. The van der Waals surface area contributed by atoms with E-state index in [0.717, 1.165) is 33.2 Å². The Hall–Kier alpha value is -1.95. The number of likely N-dealkylation sites (N-methyl/N-ethyl adjacent to an activating group) is 1. The molecule has 26 heavy (non-hydrogen) atoms. The van der Waals surface area contributed by atoms with E-state index in [4.69, 9.17) is 4.98 Å². The molecule has 3 aromatic rings. The molecule has 0 radical (unpaired) electrons. The van der Waals surface area contributed by atoms with Crippen LogP contribution in [0.5, 0.6) is 0 Å². The van der Waals surface area contributed by atoms with Crippen LogP contribution in [0.15, 0.2) is 59.1 Å². The van der Waals surface area contributed by atoms with Crippen LogP contribution < -0.4 is 5.32 Å². The van der Waals surface area contributed by atoms with Crippen molar-refractivity contribution in [2.45, 2.75) is 0 Å². The smallest absolute Gasteiger partial charge is 0.253 e. The van der Waals surface area contributed by atoms with Crippen molar-refractivity contribution >= 4 is 45.1 Å². The van der Waals surface area contributed by atoms with Crippen LogP contribution in [0, 0.1) is 0 Å². The first-order valence-electron chi connectivity index (χ1n) is 8.13. The van der Waals surface area contributed by atoms with Gasteiger partial charge in [0.15, 0.2) is 0 Å². The number of carbonyl (C=O) groups excluding carboxylic acids is 1. The van der Waals surface area contributed by atoms with Gasteiger partial charge in [-0.1, -0.05) is 46.3 Å². The van der Waals surface area contributed by atoms with E-state index >= 15 is 0 Å². The van der Waals surface area contributed by atoms with E-state index in [9.17, 15) is 4.79 Å². The Morgan fingerprint density at radius 2 is 1.81 bits per heavy atom. The number of fused-ring (bicyclic) bond motifs is 1. The van der Waals surface area contributed by atoms with Crippen molar-refractivity contribution < 1.29 is 4.79 Å². The molecular weight excluding hydrogens is 414 g/mol. The first-order valence-corrected chi connectivity index (χ1v) is 8.92. The minimum Gasteiger partial charge on any atom is -0.351 e. The lowest BCUT2D eigenvalue weighted by molar-refractivity contribution is 0.0952. The van der Waals surface area contributed by atoms with Crippen molar-refractivity contribution in [3.63, 3.8) is 0 Å². The predicted octanol–water partition coefficient (Wildman–Crippen LogP) is 4.38. The Kier molecular flexibility index (Phi) is 7.14. The summed E-state index contributed by atoms with van der Waals surface area (Å²) in [7, 11) is 3.96. The van der Waals surface area contributed by atoms with Gasteiger partial charge in [-0.05, 0) is 38.4 Å². The molecule has 4 nitrogen and oxygen atoms in total. The van der Waals surface area contributed by atoms with Gasteiger partial charge in [-0.2, -0.15) is 0 Å². The zero-order chi connectivity index (χ0) is 17.8. The molecule has 0 bridgehead atoms. The molecule has 0 fully saturated rings. The van der Waals surface area contributed by atoms with Crippen LogP contribution in [-0.2, 0) is 0 Å². The molecule has 1 amide bonds. The molecule has 0 saturated carbocycles. The Labute approximate surface area is 168 Å². The molecule has 3 rings (SSSR count). The average molecular weight is 435 g/mol. The van der Waals surface area contributed by atoms with Crippen LogP contribution in [0.2, 0.25) is 0 Å². The minimum absolute atomic E-state index is 0. The van der Waals surface area contributed by atoms with Crippen LogP contribution in [0.3, 0.4) is 0 Å². The highest BCUT2D eigenvalue weighted by atomic mass is 79.9. The van der Waals surface area contributed by atoms with Crippen molar-refractivity contribution in [3.05, 3.63) is 64.6 Å². The molecule has 0 aliphatic carbocycles. The van der Waals surface area contributed by atoms with Crippen molar-refractivity contribution in [1.29, 1.82) is 0 Å². The Balaban J connectivity index is 0.00000243. The fraction of sp³-hybridized carbons (Fsp3) is 0.200. The molecule has 2 aromatic carbocycles. The first kappa shape index (κ1) is 20.4. The highest BCUT2D eigenvalue weighted by molar-refractivity contribution is 9.10. The number of halogens is 2. The lowest BCUT2D eigenvalue weighted by Crippen LogP contribution is -2.31. The fourth-order valence-corrected chi connectivity index (χ4v) is 2.86. The zero-order valence-electron chi connectivity index (χ0n) is 14.7. The van der Waals surface area contributed by atoms with Crippen molar-refractivity contribution in [2.75, 3.05) is 27.2 Å². The van der Waals surface area contributed by atoms with Gasteiger partial charge in [0.25, 0.3) is 5.91 Å². The number of para-hydroxylation sites is 1. The highest BCUT2D eigenvalue weighted by Gasteiger charge is 2.12. The molecular formula is C20H21BrClN3O. The molecule has 0 aliphatic rings. The van der Waals surface area contributed by atoms with E-state index < -0.39 is 0 Å². The van der Waals surface area contributed by atoms with Crippen LogP contribution in [-0.4, -0.2) is 43.0 Å². The lowest BCUT2D eigenvalue weighted by Gasteiger charge is -2.12. The zero-order valence-corrected chi connectivity index (χ0v) is 17.1. The van der Waals surface area contributed by atoms with E-state index in [1.807, 2.05) is 73.6 Å². The third-order valence-corrected chi connectivity index (χ3v) is 4.48. The Bertz CT molecular complexity index is 897. The number of amides is 1. The van der Waals surface area contributed by atoms with Gasteiger partial charge < -0.3 is 10.2 Å². The number of nitrogens with zero attached hydrogens (tertiary/aromatic N) is 2. The molecule has 0 aliphatic heterocycles. The Morgan fingerprint density at radius 1 is 1.08 bits per heavy atom. The van der Waals surface area contributed by atoms with Gasteiger partial charge in [-0.3, -0.25) is 4.79 Å². The SMILES string of the molecule is CN(C)CCNC(=O)c1cccc2ccc(-c3ccc(Br)cc3)nc12.Cl. The lowest BCUT2D eigenvalue weighted by atomic mass is 10.1. The molecule has 0 atom stereocenters. The summed E-state index contributed by atoms with van der Waals surface area (Å²) in [4.78, 5) is 19.3. The third-order valence-electron chi connectivity index (χ3n) is 3.95. The molecule has 1 N–H and O–H groups in total. The summed E-state index contributed by atoms with van der Waals surface area (Å²) in [5, 5.41) is 3.92. The number of pyridine rings is 1. The number of carbonyl (C=O) groups is 1. The van der Waals surface area contributed by atoms with Crippen molar-refractivity contribution in [2.24, 2.45) is 0 Å². The summed E-state index contributed by atoms with van der Waals surface area (Å²) in [6.45, 7) is 1.41. The number of nitrogens with one attached hydrogen (secondary N) is 1. The average Bonchev–Trinajstić information content (AvgIpc) is 2.61. The summed E-state index contributed by atoms with van der Waals surface area (Å²) >= 11 is 3.45. The highest BCUT2D eigenvalue weighted by Crippen LogP contribution is 2.24. The Morgan fingerprint density at radius 3 is 2.50 bits per heavy atom. The summed E-state index contributed by atoms with van der Waals surface area (Å²) in [5.74, 6) is -0.0899. The topological polar surface area (TPSA) is 45.2 Å². The molecule has 0 spiro atoms. The number of aromatic nitrogens is 1. The van der Waals surface area contributed by atoms with Gasteiger partial charge in [-0.15, -0.1) is 12.4 Å². The van der Waals surface area contributed by atoms with Crippen LogP contribution >= 0.6 is 28.3 Å². The minimum atomic E-state index is -0.0899. The summed E-state index contributed by atoms with van der Waals surface area (Å²) in [6.07, 6.45) is 0. The first-order chi connectivity index (χ1) is 12.0. The molecule has 0 saturated heterocycles. The summed E-state index contributed by atoms with van der Waals surface area (Å²) < 4.78 is 1.03. The van der Waals surface area contributed by atoms with E-state index in [1.165, 1.54) is 0 Å². The standard InChI is InChI=1S/C20H20BrN3O.ClH/c1-24(2)13-12-22-20(25)17-5-3-4-15-8-11-18(23-19(15)17)14-6-9-16(21)10-7-14;/h3-11H,12-13H2,1-2H3,(H,22,25);1H. The normalized spacial score (nSPS) is 10.6. The molecule has 6 heteroatoms. The van der Waals surface area contributed by atoms with Gasteiger partial charge in [0, 0.05) is 28.5 Å². The maximum Gasteiger partial charge on any atom is 0.253 e. The van der Waals surface area contributed by atoms with E-state index in [1.54, 1.807) is 0 Å². The van der Waals surface area contributed by atoms with Crippen LogP contribution in [0.4, 0.5) is 0 Å². The maximum absolute atomic E-state index is 12.6. The van der Waals surface area contributed by atoms with Crippen LogP contribution in [0.25, 0.3) is 22.2 Å².